The maximum Gasteiger partial charge on any atom is 0.251 e. The molecule has 3 aromatic carbocycles. The van der Waals surface area contributed by atoms with E-state index < -0.39 is 15.7 Å². The first kappa shape index (κ1) is 23.2. The molecule has 0 fully saturated rings. The van der Waals surface area contributed by atoms with Gasteiger partial charge in [-0.3, -0.25) is 4.79 Å². The van der Waals surface area contributed by atoms with E-state index in [4.69, 9.17) is 16.6 Å². The summed E-state index contributed by atoms with van der Waals surface area (Å²) in [5.41, 5.74) is 2.79. The van der Waals surface area contributed by atoms with Crippen LogP contribution in [0.5, 0.6) is 0 Å². The first-order valence-electron chi connectivity index (χ1n) is 11.0. The number of aliphatic imine (C=N–C) groups is 1. The van der Waals surface area contributed by atoms with Crippen LogP contribution in [-0.4, -0.2) is 20.0 Å². The second kappa shape index (κ2) is 9.24. The Morgan fingerprint density at radius 2 is 1.86 bits per heavy atom. The zero-order valence-corrected chi connectivity index (χ0v) is 20.0. The van der Waals surface area contributed by atoms with Gasteiger partial charge in [0.1, 0.15) is 5.82 Å². The molecule has 0 unspecified atom stereocenters. The Balaban J connectivity index is 1.57. The number of hydrogen-bond acceptors (Lipinski definition) is 4. The summed E-state index contributed by atoms with van der Waals surface area (Å²) in [7, 11) is -3.84. The Morgan fingerprint density at radius 1 is 1.06 bits per heavy atom. The monoisotopic (exact) mass is 506 g/mol. The van der Waals surface area contributed by atoms with Gasteiger partial charge in [-0.05, 0) is 73.0 Å². The summed E-state index contributed by atoms with van der Waals surface area (Å²) in [5.74, 6) is -0.770. The minimum absolute atomic E-state index is 0.0452. The topological polar surface area (TPSA) is 75.6 Å². The maximum atomic E-state index is 13.6. The summed E-state index contributed by atoms with van der Waals surface area (Å²) in [4.78, 5) is 17.9. The Labute approximate surface area is 207 Å². The number of hydrogen-bond donors (Lipinski definition) is 1. The molecule has 35 heavy (non-hydrogen) atoms. The van der Waals surface area contributed by atoms with Crippen molar-refractivity contribution in [2.45, 2.75) is 24.3 Å². The Bertz CT molecular complexity index is 1540. The molecule has 1 amide bonds. The van der Waals surface area contributed by atoms with E-state index in [1.54, 1.807) is 36.4 Å². The number of nitrogens with one attached hydrogen (secondary N) is 1. The first-order chi connectivity index (χ1) is 16.8. The molecule has 0 aromatic heterocycles. The predicted molar refractivity (Wildman–Crippen MR) is 134 cm³/mol. The van der Waals surface area contributed by atoms with E-state index in [1.165, 1.54) is 30.3 Å². The Hall–Kier alpha value is -3.55. The van der Waals surface area contributed by atoms with Crippen LogP contribution in [0.4, 0.5) is 10.1 Å². The van der Waals surface area contributed by atoms with Crippen LogP contribution in [0.2, 0.25) is 5.02 Å². The van der Waals surface area contributed by atoms with E-state index in [-0.39, 0.29) is 33.5 Å². The number of sulfone groups is 1. The molecule has 0 bridgehead atoms. The molecular weight excluding hydrogens is 487 g/mol. The molecule has 1 N–H and O–H groups in total. The molecule has 2 aliphatic rings. The van der Waals surface area contributed by atoms with Crippen LogP contribution in [-0.2, 0) is 16.4 Å². The lowest BCUT2D eigenvalue weighted by atomic mass is 9.97. The van der Waals surface area contributed by atoms with Crippen molar-refractivity contribution in [2.24, 2.45) is 4.99 Å². The third-order valence-corrected chi connectivity index (χ3v) is 8.14. The molecule has 8 heteroatoms. The van der Waals surface area contributed by atoms with Crippen molar-refractivity contribution in [1.82, 2.24) is 5.32 Å². The molecule has 1 aliphatic carbocycles. The van der Waals surface area contributed by atoms with Crippen LogP contribution in [0.3, 0.4) is 0 Å². The molecule has 0 spiro atoms. The van der Waals surface area contributed by atoms with Gasteiger partial charge in [0, 0.05) is 28.3 Å². The summed E-state index contributed by atoms with van der Waals surface area (Å²) < 4.78 is 40.7. The number of halogens is 2. The van der Waals surface area contributed by atoms with Gasteiger partial charge in [-0.25, -0.2) is 17.8 Å². The van der Waals surface area contributed by atoms with Crippen molar-refractivity contribution >= 4 is 38.7 Å². The molecule has 3 aromatic rings. The lowest BCUT2D eigenvalue weighted by molar-refractivity contribution is 0.0951. The highest BCUT2D eigenvalue weighted by atomic mass is 35.5. The number of fused-ring (bicyclic) bond motifs is 1. The molecule has 5 nitrogen and oxygen atoms in total. The fourth-order valence-electron chi connectivity index (χ4n) is 4.18. The van der Waals surface area contributed by atoms with Crippen LogP contribution in [0, 0.1) is 5.82 Å². The number of nitrogens with zero attached hydrogens (tertiary/aromatic N) is 1. The van der Waals surface area contributed by atoms with Crippen LogP contribution < -0.4 is 5.32 Å². The second-order valence-electron chi connectivity index (χ2n) is 8.24. The average molecular weight is 507 g/mol. The summed E-state index contributed by atoms with van der Waals surface area (Å²) in [6.07, 6.45) is 4.59. The Kier molecular flexibility index (Phi) is 6.13. The Morgan fingerprint density at radius 3 is 2.63 bits per heavy atom. The summed E-state index contributed by atoms with van der Waals surface area (Å²) in [5, 5.41) is 3.40. The third-order valence-electron chi connectivity index (χ3n) is 5.91. The standard InChI is InChI=1S/C27H20ClFN2O3S/c28-20-5-3-4-17(14-20)16-30-27(32)19-10-13-25-23(15-19)31-26(18-8-11-21(29)12-9-18)22-6-1-2-7-24(22)35(25,33)34/h1,3-6,8-15H,2,7,16H2,(H,30,32). The number of carbonyl (C=O) groups excluding carboxylic acids is 1. The largest absolute Gasteiger partial charge is 0.348 e. The molecule has 176 valence electrons. The highest BCUT2D eigenvalue weighted by Gasteiger charge is 2.32. The van der Waals surface area contributed by atoms with E-state index in [9.17, 15) is 17.6 Å². The molecule has 0 saturated carbocycles. The second-order valence-corrected chi connectivity index (χ2v) is 10.6. The highest BCUT2D eigenvalue weighted by molar-refractivity contribution is 7.95. The number of carbonyl (C=O) groups is 1. The summed E-state index contributed by atoms with van der Waals surface area (Å²) in [6.45, 7) is 0.263. The lowest BCUT2D eigenvalue weighted by Gasteiger charge is -2.16. The predicted octanol–water partition coefficient (Wildman–Crippen LogP) is 5.92. The van der Waals surface area contributed by atoms with E-state index in [0.29, 0.717) is 34.7 Å². The molecule has 0 saturated heterocycles. The first-order valence-corrected chi connectivity index (χ1v) is 12.9. The van der Waals surface area contributed by atoms with Crippen molar-refractivity contribution in [3.63, 3.8) is 0 Å². The smallest absolute Gasteiger partial charge is 0.251 e. The summed E-state index contributed by atoms with van der Waals surface area (Å²) >= 11 is 6.01. The molecule has 1 heterocycles. The van der Waals surface area contributed by atoms with Crippen molar-refractivity contribution in [1.29, 1.82) is 0 Å². The van der Waals surface area contributed by atoms with E-state index >= 15 is 0 Å². The number of benzene rings is 3. The van der Waals surface area contributed by atoms with Gasteiger partial charge >= 0.3 is 0 Å². The van der Waals surface area contributed by atoms with Gasteiger partial charge in [0.05, 0.1) is 21.2 Å². The van der Waals surface area contributed by atoms with Gasteiger partial charge in [0.25, 0.3) is 5.91 Å². The fraction of sp³-hybridized carbons (Fsp3) is 0.111. The number of amides is 1. The van der Waals surface area contributed by atoms with Crippen molar-refractivity contribution in [3.05, 3.63) is 117 Å². The van der Waals surface area contributed by atoms with Crippen molar-refractivity contribution in [2.75, 3.05) is 0 Å². The summed E-state index contributed by atoms with van der Waals surface area (Å²) in [6, 6.07) is 17.3. The lowest BCUT2D eigenvalue weighted by Crippen LogP contribution is -2.22. The molecule has 1 aliphatic heterocycles. The van der Waals surface area contributed by atoms with E-state index in [1.807, 2.05) is 12.1 Å². The SMILES string of the molecule is O=C(NCc1cccc(Cl)c1)c1ccc2c(c1)N=C(c1ccc(F)cc1)C1=C(CCC=C1)S2(=O)=O. The van der Waals surface area contributed by atoms with Gasteiger partial charge in [0.15, 0.2) is 0 Å². The van der Waals surface area contributed by atoms with E-state index in [0.717, 1.165) is 5.56 Å². The minimum Gasteiger partial charge on any atom is -0.348 e. The van der Waals surface area contributed by atoms with Gasteiger partial charge in [-0.2, -0.15) is 0 Å². The minimum atomic E-state index is -3.84. The fourth-order valence-corrected chi connectivity index (χ4v) is 6.13. The average Bonchev–Trinajstić information content (AvgIpc) is 2.95. The van der Waals surface area contributed by atoms with Crippen LogP contribution in [0.1, 0.15) is 34.3 Å². The normalized spacial score (nSPS) is 16.1. The zero-order valence-electron chi connectivity index (χ0n) is 18.5. The zero-order chi connectivity index (χ0) is 24.6. The van der Waals surface area contributed by atoms with Gasteiger partial charge in [-0.1, -0.05) is 35.9 Å². The van der Waals surface area contributed by atoms with Gasteiger partial charge in [0.2, 0.25) is 9.84 Å². The molecule has 0 atom stereocenters. The van der Waals surface area contributed by atoms with Crippen molar-refractivity contribution < 1.29 is 17.6 Å². The van der Waals surface area contributed by atoms with Gasteiger partial charge < -0.3 is 5.32 Å². The molecular formula is C27H20ClFN2O3S. The number of rotatable bonds is 4. The van der Waals surface area contributed by atoms with Crippen LogP contribution in [0.25, 0.3) is 0 Å². The quantitative estimate of drug-likeness (QED) is 0.477. The third kappa shape index (κ3) is 4.57. The van der Waals surface area contributed by atoms with Crippen molar-refractivity contribution in [3.8, 4) is 0 Å². The molecule has 5 rings (SSSR count). The highest BCUT2D eigenvalue weighted by Crippen LogP contribution is 2.40. The number of allylic oxidation sites excluding steroid dienone is 4. The van der Waals surface area contributed by atoms with Gasteiger partial charge in [-0.15, -0.1) is 0 Å². The van der Waals surface area contributed by atoms with Crippen LogP contribution in [0.15, 0.2) is 99.2 Å². The molecule has 0 radical (unpaired) electrons. The van der Waals surface area contributed by atoms with E-state index in [2.05, 4.69) is 5.32 Å². The maximum absolute atomic E-state index is 13.6. The van der Waals surface area contributed by atoms with Crippen LogP contribution >= 0.6 is 11.6 Å².